The highest BCUT2D eigenvalue weighted by Gasteiger charge is 2.29. The van der Waals surface area contributed by atoms with E-state index >= 15 is 0 Å². The number of anilines is 1. The second-order valence-electron chi connectivity index (χ2n) is 8.25. The molecule has 0 aliphatic carbocycles. The van der Waals surface area contributed by atoms with Crippen LogP contribution in [0.3, 0.4) is 0 Å². The summed E-state index contributed by atoms with van der Waals surface area (Å²) in [6.45, 7) is 8.39. The van der Waals surface area contributed by atoms with Crippen molar-refractivity contribution in [3.8, 4) is 0 Å². The van der Waals surface area contributed by atoms with Gasteiger partial charge in [-0.05, 0) is 50.1 Å². The molecule has 0 aliphatic rings. The molecule has 1 heterocycles. The van der Waals surface area contributed by atoms with Crippen LogP contribution in [0.4, 0.5) is 10.1 Å². The van der Waals surface area contributed by atoms with E-state index in [1.807, 2.05) is 0 Å². The summed E-state index contributed by atoms with van der Waals surface area (Å²) >= 11 is 0. The Balaban J connectivity index is 2.29. The average Bonchev–Trinajstić information content (AvgIpc) is 2.91. The number of carbonyl (C=O) groups excluding carboxylic acids is 3. The highest BCUT2D eigenvalue weighted by molar-refractivity contribution is 6.43. The van der Waals surface area contributed by atoms with Crippen LogP contribution in [0.5, 0.6) is 0 Å². The summed E-state index contributed by atoms with van der Waals surface area (Å²) < 4.78 is 15.0. The van der Waals surface area contributed by atoms with Crippen LogP contribution < -0.4 is 10.6 Å². The van der Waals surface area contributed by atoms with Crippen LogP contribution in [0.2, 0.25) is 0 Å². The summed E-state index contributed by atoms with van der Waals surface area (Å²) in [5, 5.41) is 14.5. The number of aliphatic hydroxyl groups is 1. The summed E-state index contributed by atoms with van der Waals surface area (Å²) in [5.74, 6) is -2.39. The Morgan fingerprint density at radius 2 is 1.80 bits per heavy atom. The zero-order valence-electron chi connectivity index (χ0n) is 18.1. The molecule has 1 aromatic carbocycles. The Kier molecular flexibility index (Phi) is 6.82. The van der Waals surface area contributed by atoms with Crippen molar-refractivity contribution in [2.75, 3.05) is 18.5 Å². The number of amides is 2. The molecule has 0 fully saturated rings. The van der Waals surface area contributed by atoms with Gasteiger partial charge in [-0.15, -0.1) is 0 Å². The summed E-state index contributed by atoms with van der Waals surface area (Å²) in [4.78, 5) is 38.0. The number of aliphatic hydroxyl groups excluding tert-OH is 1. The average molecular weight is 417 g/mol. The maximum absolute atomic E-state index is 13.5. The number of hydrogen-bond acceptors (Lipinski definition) is 4. The molecule has 2 rings (SSSR count). The molecule has 0 radical (unpaired) electrons. The van der Waals surface area contributed by atoms with Gasteiger partial charge < -0.3 is 20.3 Å². The number of halogens is 1. The zero-order chi connectivity index (χ0) is 22.8. The number of hydrogen-bond donors (Lipinski definition) is 3. The number of benzene rings is 1. The number of carbonyl (C=O) groups is 3. The summed E-state index contributed by atoms with van der Waals surface area (Å²) in [6.07, 6.45) is 0. The number of ketones is 1. The van der Waals surface area contributed by atoms with Crippen molar-refractivity contribution in [2.24, 2.45) is 12.5 Å². The van der Waals surface area contributed by atoms with Crippen LogP contribution in [0.1, 0.15) is 51.5 Å². The van der Waals surface area contributed by atoms with Gasteiger partial charge in [0.25, 0.3) is 17.6 Å². The van der Waals surface area contributed by atoms with E-state index in [0.717, 1.165) is 0 Å². The monoisotopic (exact) mass is 417 g/mol. The Bertz CT molecular complexity index is 1010. The van der Waals surface area contributed by atoms with E-state index < -0.39 is 23.0 Å². The van der Waals surface area contributed by atoms with E-state index in [0.29, 0.717) is 22.5 Å². The van der Waals surface area contributed by atoms with Gasteiger partial charge in [-0.3, -0.25) is 14.4 Å². The van der Waals surface area contributed by atoms with E-state index in [2.05, 4.69) is 10.6 Å². The van der Waals surface area contributed by atoms with Crippen LogP contribution in [0, 0.1) is 32.0 Å². The SMILES string of the molecule is Cc1cc(NC(=O)c2c(C)c(C(=O)C(=O)NCC(C)(C)CO)n(C)c2C)ccc1F. The molecule has 1 aromatic heterocycles. The molecule has 2 aromatic rings. The minimum Gasteiger partial charge on any atom is -0.396 e. The van der Waals surface area contributed by atoms with Gasteiger partial charge in [0.2, 0.25) is 0 Å². The Morgan fingerprint density at radius 1 is 1.17 bits per heavy atom. The van der Waals surface area contributed by atoms with Crippen molar-refractivity contribution in [3.05, 3.63) is 52.1 Å². The van der Waals surface area contributed by atoms with E-state index in [1.165, 1.54) is 22.8 Å². The largest absolute Gasteiger partial charge is 0.396 e. The maximum Gasteiger partial charge on any atom is 0.294 e. The molecular weight excluding hydrogens is 389 g/mol. The highest BCUT2D eigenvalue weighted by Crippen LogP contribution is 2.24. The van der Waals surface area contributed by atoms with Gasteiger partial charge in [0.15, 0.2) is 0 Å². The van der Waals surface area contributed by atoms with E-state index in [1.54, 1.807) is 41.7 Å². The molecule has 0 spiro atoms. The molecule has 3 N–H and O–H groups in total. The third-order valence-corrected chi connectivity index (χ3v) is 5.15. The van der Waals surface area contributed by atoms with Gasteiger partial charge in [0, 0.05) is 37.0 Å². The molecule has 0 saturated heterocycles. The molecule has 0 unspecified atom stereocenters. The van der Waals surface area contributed by atoms with Crippen LogP contribution in [-0.4, -0.2) is 40.4 Å². The smallest absolute Gasteiger partial charge is 0.294 e. The first kappa shape index (κ1) is 23.3. The molecule has 7 nitrogen and oxygen atoms in total. The lowest BCUT2D eigenvalue weighted by molar-refractivity contribution is -0.117. The predicted molar refractivity (Wildman–Crippen MR) is 112 cm³/mol. The van der Waals surface area contributed by atoms with E-state index in [9.17, 15) is 23.9 Å². The lowest BCUT2D eigenvalue weighted by Crippen LogP contribution is -2.40. The molecule has 2 amide bonds. The zero-order valence-corrected chi connectivity index (χ0v) is 18.1. The number of rotatable bonds is 7. The molecule has 0 saturated carbocycles. The van der Waals surface area contributed by atoms with Crippen molar-refractivity contribution in [1.82, 2.24) is 9.88 Å². The van der Waals surface area contributed by atoms with Gasteiger partial charge in [-0.2, -0.15) is 0 Å². The summed E-state index contributed by atoms with van der Waals surface area (Å²) in [6, 6.07) is 4.24. The molecular formula is C22H28FN3O4. The molecule has 0 bridgehead atoms. The lowest BCUT2D eigenvalue weighted by Gasteiger charge is -2.21. The van der Waals surface area contributed by atoms with Gasteiger partial charge in [-0.25, -0.2) is 4.39 Å². The first-order chi connectivity index (χ1) is 13.9. The van der Waals surface area contributed by atoms with Crippen LogP contribution in [-0.2, 0) is 11.8 Å². The number of aryl methyl sites for hydroxylation is 1. The Hall–Kier alpha value is -3.00. The van der Waals surface area contributed by atoms with Crippen LogP contribution in [0.25, 0.3) is 0 Å². The number of nitrogens with one attached hydrogen (secondary N) is 2. The minimum atomic E-state index is -0.804. The summed E-state index contributed by atoms with van der Waals surface area (Å²) in [5.41, 5.74) is 1.57. The number of aromatic nitrogens is 1. The second-order valence-corrected chi connectivity index (χ2v) is 8.25. The van der Waals surface area contributed by atoms with Gasteiger partial charge in [-0.1, -0.05) is 13.8 Å². The molecule has 0 aliphatic heterocycles. The third-order valence-electron chi connectivity index (χ3n) is 5.15. The second kappa shape index (κ2) is 8.79. The lowest BCUT2D eigenvalue weighted by atomic mass is 9.95. The highest BCUT2D eigenvalue weighted by atomic mass is 19.1. The van der Waals surface area contributed by atoms with E-state index in [4.69, 9.17) is 0 Å². The third kappa shape index (κ3) is 4.76. The first-order valence-electron chi connectivity index (χ1n) is 9.56. The van der Waals surface area contributed by atoms with E-state index in [-0.39, 0.29) is 30.2 Å². The molecule has 8 heteroatoms. The first-order valence-corrected chi connectivity index (χ1v) is 9.56. The fraction of sp³-hybridized carbons (Fsp3) is 0.409. The van der Waals surface area contributed by atoms with Gasteiger partial charge in [0.1, 0.15) is 5.82 Å². The molecule has 30 heavy (non-hydrogen) atoms. The Morgan fingerprint density at radius 3 is 2.37 bits per heavy atom. The maximum atomic E-state index is 13.5. The van der Waals surface area contributed by atoms with Crippen molar-refractivity contribution in [1.29, 1.82) is 0 Å². The van der Waals surface area contributed by atoms with Gasteiger partial charge in [0.05, 0.1) is 11.3 Å². The van der Waals surface area contributed by atoms with Crippen LogP contribution in [0.15, 0.2) is 18.2 Å². The molecule has 0 atom stereocenters. The van der Waals surface area contributed by atoms with Crippen molar-refractivity contribution < 1.29 is 23.9 Å². The standard InChI is InChI=1S/C22H28FN3O4/c1-12-9-15(7-8-16(12)23)25-20(29)17-13(2)18(26(6)14(17)3)19(28)21(30)24-10-22(4,5)11-27/h7-9,27H,10-11H2,1-6H3,(H,24,30)(H,25,29). The van der Waals surface area contributed by atoms with Crippen molar-refractivity contribution in [3.63, 3.8) is 0 Å². The molecule has 162 valence electrons. The normalized spacial score (nSPS) is 11.3. The fourth-order valence-corrected chi connectivity index (χ4v) is 3.11. The number of nitrogens with zero attached hydrogens (tertiary/aromatic N) is 1. The summed E-state index contributed by atoms with van der Waals surface area (Å²) in [7, 11) is 1.61. The van der Waals surface area contributed by atoms with Crippen molar-refractivity contribution >= 4 is 23.3 Å². The minimum absolute atomic E-state index is 0.118. The predicted octanol–water partition coefficient (Wildman–Crippen LogP) is 2.66. The number of Topliss-reactive ketones (excluding diaryl/α,β-unsaturated/α-hetero) is 1. The Labute approximate surface area is 175 Å². The van der Waals surface area contributed by atoms with Crippen LogP contribution >= 0.6 is 0 Å². The fourth-order valence-electron chi connectivity index (χ4n) is 3.11. The quantitative estimate of drug-likeness (QED) is 0.476. The van der Waals surface area contributed by atoms with Gasteiger partial charge >= 0.3 is 0 Å². The topological polar surface area (TPSA) is 100 Å². The van der Waals surface area contributed by atoms with Crippen molar-refractivity contribution in [2.45, 2.75) is 34.6 Å².